The van der Waals surface area contributed by atoms with Crippen molar-refractivity contribution < 1.29 is 19.2 Å². The predicted octanol–water partition coefficient (Wildman–Crippen LogP) is 0.659. The molecule has 4 N–H and O–H groups in total. The molecule has 0 radical (unpaired) electrons. The Balaban J connectivity index is 1.66. The number of nitrogens with two attached hydrogens (primary N) is 1. The zero-order valence-corrected chi connectivity index (χ0v) is 11.7. The molecule has 22 heavy (non-hydrogen) atoms. The van der Waals surface area contributed by atoms with Crippen LogP contribution in [0.5, 0.6) is 0 Å². The van der Waals surface area contributed by atoms with Gasteiger partial charge in [-0.05, 0) is 30.5 Å². The van der Waals surface area contributed by atoms with Crippen LogP contribution < -0.4 is 16.4 Å². The minimum atomic E-state index is -0.941. The lowest BCUT2D eigenvalue weighted by Gasteiger charge is -2.08. The number of carbonyl (C=O) groups is 4. The molecule has 0 bridgehead atoms. The Bertz CT molecular complexity index is 685. The number of ketones is 1. The number of nitrogens with one attached hydrogen (secondary N) is 2. The molecule has 3 atom stereocenters. The van der Waals surface area contributed by atoms with Gasteiger partial charge in [0, 0.05) is 23.6 Å². The minimum Gasteiger partial charge on any atom is -0.351 e. The largest absolute Gasteiger partial charge is 0.351 e. The van der Waals surface area contributed by atoms with Gasteiger partial charge in [0.05, 0.1) is 5.92 Å². The van der Waals surface area contributed by atoms with E-state index in [9.17, 15) is 19.2 Å². The molecule has 4 amide bonds. The molecule has 0 saturated heterocycles. The number of urea groups is 1. The maximum atomic E-state index is 12.2. The van der Waals surface area contributed by atoms with Gasteiger partial charge in [-0.3, -0.25) is 19.7 Å². The van der Waals surface area contributed by atoms with Crippen molar-refractivity contribution in [1.29, 1.82) is 0 Å². The molecule has 0 aliphatic heterocycles. The van der Waals surface area contributed by atoms with Gasteiger partial charge in [0.2, 0.25) is 5.91 Å². The number of hydrogen-bond donors (Lipinski definition) is 3. The maximum absolute atomic E-state index is 12.2. The first-order chi connectivity index (χ1) is 10.5. The van der Waals surface area contributed by atoms with Crippen LogP contribution in [0.2, 0.25) is 0 Å². The zero-order valence-electron chi connectivity index (χ0n) is 11.7. The van der Waals surface area contributed by atoms with Gasteiger partial charge in [-0.15, -0.1) is 0 Å². The standard InChI is InChI=1S/C15H15N3O4/c16-15(22)18-13(20)7-2-1-3-8(6-7)17-14(21)12-9-4-5-10(19)11(9)12/h1-3,6,9,11-12H,4-5H2,(H,17,21)(H3,16,18,20,22). The molecule has 2 saturated carbocycles. The third-order valence-corrected chi connectivity index (χ3v) is 4.20. The molecule has 1 aromatic rings. The smallest absolute Gasteiger partial charge is 0.319 e. The number of rotatable bonds is 3. The summed E-state index contributed by atoms with van der Waals surface area (Å²) >= 11 is 0. The molecule has 2 aliphatic rings. The second-order valence-electron chi connectivity index (χ2n) is 5.61. The minimum absolute atomic E-state index is 0.124. The lowest BCUT2D eigenvalue weighted by Crippen LogP contribution is -2.34. The average Bonchev–Trinajstić information content (AvgIpc) is 3.08. The molecular weight excluding hydrogens is 286 g/mol. The molecule has 0 spiro atoms. The van der Waals surface area contributed by atoms with E-state index in [0.717, 1.165) is 6.42 Å². The topological polar surface area (TPSA) is 118 Å². The summed E-state index contributed by atoms with van der Waals surface area (Å²) in [6.45, 7) is 0. The number of amides is 4. The molecule has 2 fully saturated rings. The van der Waals surface area contributed by atoms with Crippen molar-refractivity contribution in [3.63, 3.8) is 0 Å². The quantitative estimate of drug-likeness (QED) is 0.759. The summed E-state index contributed by atoms with van der Waals surface area (Å²) < 4.78 is 0. The number of primary amides is 1. The van der Waals surface area contributed by atoms with E-state index in [1.165, 1.54) is 12.1 Å². The fraction of sp³-hybridized carbons (Fsp3) is 0.333. The molecule has 3 unspecified atom stereocenters. The van der Waals surface area contributed by atoms with Crippen molar-refractivity contribution in [1.82, 2.24) is 5.32 Å². The highest BCUT2D eigenvalue weighted by Crippen LogP contribution is 2.55. The SMILES string of the molecule is NC(=O)NC(=O)c1cccc(NC(=O)C2C3CCC(=O)C32)c1. The molecule has 1 aromatic carbocycles. The van der Waals surface area contributed by atoms with Crippen LogP contribution in [0, 0.1) is 17.8 Å². The number of Topliss-reactive ketones (excluding diaryl/α,β-unsaturated/α-hetero) is 1. The van der Waals surface area contributed by atoms with Crippen LogP contribution in [-0.2, 0) is 9.59 Å². The summed E-state index contributed by atoms with van der Waals surface area (Å²) in [6.07, 6.45) is 1.35. The Labute approximate surface area is 126 Å². The predicted molar refractivity (Wildman–Crippen MR) is 76.8 cm³/mol. The monoisotopic (exact) mass is 301 g/mol. The van der Waals surface area contributed by atoms with Crippen LogP contribution in [0.4, 0.5) is 10.5 Å². The van der Waals surface area contributed by atoms with Crippen molar-refractivity contribution in [2.45, 2.75) is 12.8 Å². The van der Waals surface area contributed by atoms with Crippen LogP contribution in [0.1, 0.15) is 23.2 Å². The summed E-state index contributed by atoms with van der Waals surface area (Å²) in [7, 11) is 0. The van der Waals surface area contributed by atoms with Crippen LogP contribution in [0.15, 0.2) is 24.3 Å². The van der Waals surface area contributed by atoms with Crippen LogP contribution >= 0.6 is 0 Å². The number of fused-ring (bicyclic) bond motifs is 1. The van der Waals surface area contributed by atoms with E-state index < -0.39 is 11.9 Å². The molecule has 7 heteroatoms. The number of hydrogen-bond acceptors (Lipinski definition) is 4. The Hall–Kier alpha value is -2.70. The fourth-order valence-corrected chi connectivity index (χ4v) is 3.15. The van der Waals surface area contributed by atoms with E-state index in [-0.39, 0.29) is 35.0 Å². The Kier molecular flexibility index (Phi) is 3.40. The van der Waals surface area contributed by atoms with Gasteiger partial charge in [-0.25, -0.2) is 4.79 Å². The van der Waals surface area contributed by atoms with Crippen molar-refractivity contribution >= 4 is 29.3 Å². The highest BCUT2D eigenvalue weighted by atomic mass is 16.2. The first-order valence-electron chi connectivity index (χ1n) is 7.02. The lowest BCUT2D eigenvalue weighted by molar-refractivity contribution is -0.123. The number of anilines is 1. The Morgan fingerprint density at radius 1 is 1.23 bits per heavy atom. The summed E-state index contributed by atoms with van der Waals surface area (Å²) in [5, 5.41) is 4.67. The molecule has 2 aliphatic carbocycles. The number of imide groups is 1. The van der Waals surface area contributed by atoms with Gasteiger partial charge < -0.3 is 11.1 Å². The molecule has 3 rings (SSSR count). The molecular formula is C15H15N3O4. The lowest BCUT2D eigenvalue weighted by atomic mass is 10.1. The van der Waals surface area contributed by atoms with Crippen LogP contribution in [-0.4, -0.2) is 23.6 Å². The van der Waals surface area contributed by atoms with Crippen molar-refractivity contribution in [2.24, 2.45) is 23.5 Å². The van der Waals surface area contributed by atoms with E-state index in [2.05, 4.69) is 5.32 Å². The average molecular weight is 301 g/mol. The van der Waals surface area contributed by atoms with Gasteiger partial charge in [0.15, 0.2) is 0 Å². The van der Waals surface area contributed by atoms with E-state index in [1.807, 2.05) is 5.32 Å². The number of carbonyl (C=O) groups excluding carboxylic acids is 4. The van der Waals surface area contributed by atoms with Gasteiger partial charge in [-0.2, -0.15) is 0 Å². The van der Waals surface area contributed by atoms with Crippen LogP contribution in [0.25, 0.3) is 0 Å². The molecule has 0 aromatic heterocycles. The summed E-state index contributed by atoms with van der Waals surface area (Å²) in [5.74, 6) is -0.864. The van der Waals surface area contributed by atoms with E-state index in [1.54, 1.807) is 12.1 Å². The van der Waals surface area contributed by atoms with Gasteiger partial charge in [0.1, 0.15) is 5.78 Å². The second kappa shape index (κ2) is 5.25. The van der Waals surface area contributed by atoms with Crippen LogP contribution in [0.3, 0.4) is 0 Å². The highest BCUT2D eigenvalue weighted by molar-refractivity contribution is 6.05. The van der Waals surface area contributed by atoms with Crippen molar-refractivity contribution in [3.8, 4) is 0 Å². The molecule has 0 heterocycles. The number of benzene rings is 1. The van der Waals surface area contributed by atoms with Gasteiger partial charge in [0.25, 0.3) is 5.91 Å². The zero-order chi connectivity index (χ0) is 15.9. The van der Waals surface area contributed by atoms with E-state index in [0.29, 0.717) is 12.1 Å². The normalized spacial score (nSPS) is 25.3. The van der Waals surface area contributed by atoms with Gasteiger partial charge >= 0.3 is 6.03 Å². The summed E-state index contributed by atoms with van der Waals surface area (Å²) in [4.78, 5) is 46.1. The second-order valence-corrected chi connectivity index (χ2v) is 5.61. The third kappa shape index (κ3) is 2.57. The third-order valence-electron chi connectivity index (χ3n) is 4.20. The Morgan fingerprint density at radius 3 is 2.64 bits per heavy atom. The van der Waals surface area contributed by atoms with Crippen molar-refractivity contribution in [3.05, 3.63) is 29.8 Å². The molecule has 114 valence electrons. The van der Waals surface area contributed by atoms with Gasteiger partial charge in [-0.1, -0.05) is 6.07 Å². The van der Waals surface area contributed by atoms with E-state index in [4.69, 9.17) is 5.73 Å². The summed E-state index contributed by atoms with van der Waals surface area (Å²) in [5.41, 5.74) is 5.55. The van der Waals surface area contributed by atoms with E-state index >= 15 is 0 Å². The first kappa shape index (κ1) is 14.2. The fourth-order valence-electron chi connectivity index (χ4n) is 3.15. The molecule has 7 nitrogen and oxygen atoms in total. The van der Waals surface area contributed by atoms with Crippen molar-refractivity contribution in [2.75, 3.05) is 5.32 Å². The Morgan fingerprint density at radius 2 is 2.00 bits per heavy atom. The first-order valence-corrected chi connectivity index (χ1v) is 7.02. The maximum Gasteiger partial charge on any atom is 0.319 e. The summed E-state index contributed by atoms with van der Waals surface area (Å²) in [6, 6.07) is 5.24. The highest BCUT2D eigenvalue weighted by Gasteiger charge is 2.61.